The molecule has 4 aromatic rings. The van der Waals surface area contributed by atoms with Gasteiger partial charge in [0.1, 0.15) is 22.3 Å². The third-order valence-electron chi connectivity index (χ3n) is 6.05. The number of ether oxygens (including phenoxy) is 1. The van der Waals surface area contributed by atoms with E-state index in [1.807, 2.05) is 12.3 Å². The highest BCUT2D eigenvalue weighted by atomic mass is 32.2. The van der Waals surface area contributed by atoms with Crippen molar-refractivity contribution < 1.29 is 4.74 Å². The van der Waals surface area contributed by atoms with Crippen molar-refractivity contribution in [2.75, 3.05) is 24.8 Å². The molecule has 0 radical (unpaired) electrons. The number of anilines is 2. The summed E-state index contributed by atoms with van der Waals surface area (Å²) in [6.07, 6.45) is 6.52. The molecule has 0 saturated heterocycles. The van der Waals surface area contributed by atoms with Gasteiger partial charge in [0.05, 0.1) is 18.3 Å². The number of methoxy groups -OCH3 is 1. The number of aromatic nitrogens is 3. The molecule has 164 valence electrons. The average Bonchev–Trinajstić information content (AvgIpc) is 3.55. The molecule has 1 saturated carbocycles. The van der Waals surface area contributed by atoms with E-state index in [4.69, 9.17) is 9.84 Å². The first-order valence-corrected chi connectivity index (χ1v) is 12.2. The quantitative estimate of drug-likeness (QED) is 0.313. The van der Waals surface area contributed by atoms with Crippen molar-refractivity contribution in [2.24, 2.45) is 5.92 Å². The number of nitrogens with zero attached hydrogens (tertiary/aromatic N) is 4. The lowest BCUT2D eigenvalue weighted by Gasteiger charge is -2.24. The zero-order valence-electron chi connectivity index (χ0n) is 19.0. The molecule has 0 aliphatic heterocycles. The number of thioether (sulfide) groups is 1. The van der Waals surface area contributed by atoms with E-state index in [2.05, 4.69) is 77.0 Å². The van der Waals surface area contributed by atoms with Crippen LogP contribution >= 0.6 is 11.8 Å². The van der Waals surface area contributed by atoms with Crippen LogP contribution in [0.4, 0.5) is 11.5 Å². The lowest BCUT2D eigenvalue weighted by atomic mass is 10.0. The predicted molar refractivity (Wildman–Crippen MR) is 132 cm³/mol. The Morgan fingerprint density at radius 2 is 1.97 bits per heavy atom. The van der Waals surface area contributed by atoms with E-state index >= 15 is 0 Å². The maximum atomic E-state index is 5.78. The van der Waals surface area contributed by atoms with E-state index in [1.165, 1.54) is 24.0 Å². The highest BCUT2D eigenvalue weighted by Gasteiger charge is 2.30. The Balaban J connectivity index is 1.74. The van der Waals surface area contributed by atoms with Crippen LogP contribution in [0.2, 0.25) is 0 Å². The zero-order valence-corrected chi connectivity index (χ0v) is 19.8. The summed E-state index contributed by atoms with van der Waals surface area (Å²) in [4.78, 5) is 7.05. The maximum Gasteiger partial charge on any atom is 0.143 e. The highest BCUT2D eigenvalue weighted by molar-refractivity contribution is 7.98. The molecule has 0 atom stereocenters. The molecule has 0 spiro atoms. The fraction of sp³-hybridized carbons (Fsp3) is 0.308. The van der Waals surface area contributed by atoms with Gasteiger partial charge in [0.15, 0.2) is 0 Å². The minimum absolute atomic E-state index is 0.712. The van der Waals surface area contributed by atoms with Crippen LogP contribution in [0.25, 0.3) is 16.8 Å². The third-order valence-corrected chi connectivity index (χ3v) is 6.71. The van der Waals surface area contributed by atoms with Crippen molar-refractivity contribution in [3.63, 3.8) is 0 Å². The first-order chi connectivity index (χ1) is 15.6. The Morgan fingerprint density at radius 1 is 1.12 bits per heavy atom. The normalized spacial score (nSPS) is 13.5. The lowest BCUT2D eigenvalue weighted by Crippen LogP contribution is -2.21. The van der Waals surface area contributed by atoms with E-state index < -0.39 is 0 Å². The van der Waals surface area contributed by atoms with E-state index in [9.17, 15) is 0 Å². The van der Waals surface area contributed by atoms with Crippen LogP contribution in [0.1, 0.15) is 24.0 Å². The van der Waals surface area contributed by atoms with Crippen LogP contribution in [-0.4, -0.2) is 34.5 Å². The van der Waals surface area contributed by atoms with Gasteiger partial charge in [-0.15, -0.1) is 11.8 Å². The molecular formula is C26H28N4OS. The number of benzene rings is 1. The molecule has 6 heteroatoms. The van der Waals surface area contributed by atoms with Crippen molar-refractivity contribution in [2.45, 2.75) is 31.7 Å². The van der Waals surface area contributed by atoms with Crippen LogP contribution in [0.15, 0.2) is 59.8 Å². The summed E-state index contributed by atoms with van der Waals surface area (Å²) in [5, 5.41) is 6.08. The van der Waals surface area contributed by atoms with Crippen molar-refractivity contribution >= 4 is 28.8 Å². The molecule has 0 unspecified atom stereocenters. The van der Waals surface area contributed by atoms with E-state index in [0.29, 0.717) is 5.92 Å². The fourth-order valence-corrected chi connectivity index (χ4v) is 4.98. The Labute approximate surface area is 193 Å². The van der Waals surface area contributed by atoms with Gasteiger partial charge in [0, 0.05) is 18.3 Å². The summed E-state index contributed by atoms with van der Waals surface area (Å²) in [7, 11) is 1.73. The summed E-state index contributed by atoms with van der Waals surface area (Å²) < 4.78 is 7.86. The summed E-state index contributed by atoms with van der Waals surface area (Å²) in [6.45, 7) is 5.19. The average molecular weight is 445 g/mol. The second kappa shape index (κ2) is 8.51. The summed E-state index contributed by atoms with van der Waals surface area (Å²) >= 11 is 1.68. The summed E-state index contributed by atoms with van der Waals surface area (Å²) in [6, 6.07) is 16.8. The molecule has 3 aromatic heterocycles. The predicted octanol–water partition coefficient (Wildman–Crippen LogP) is 6.29. The Bertz CT molecular complexity index is 1260. The van der Waals surface area contributed by atoms with Crippen molar-refractivity contribution in [1.29, 1.82) is 0 Å². The van der Waals surface area contributed by atoms with Gasteiger partial charge in [-0.05, 0) is 80.3 Å². The highest BCUT2D eigenvalue weighted by Crippen LogP contribution is 2.42. The summed E-state index contributed by atoms with van der Waals surface area (Å²) in [5.41, 5.74) is 6.69. The van der Waals surface area contributed by atoms with Gasteiger partial charge in [0.2, 0.25) is 0 Å². The van der Waals surface area contributed by atoms with E-state index in [1.54, 1.807) is 18.9 Å². The molecule has 1 aromatic carbocycles. The molecule has 0 amide bonds. The standard InChI is InChI=1S/C26H28N4OS/c1-17-14-18(2)24(22(15-17)31-3)20-8-7-9-21-25(26(32-4)28-30(20)21)29(16-19-11-12-19)23-10-5-6-13-27-23/h5-10,13-15,19H,11-12,16H2,1-4H3. The smallest absolute Gasteiger partial charge is 0.143 e. The fourth-order valence-electron chi connectivity index (χ4n) is 4.41. The van der Waals surface area contributed by atoms with E-state index in [-0.39, 0.29) is 0 Å². The largest absolute Gasteiger partial charge is 0.496 e. The van der Waals surface area contributed by atoms with Crippen LogP contribution in [-0.2, 0) is 0 Å². The number of fused-ring (bicyclic) bond motifs is 1. The molecular weight excluding hydrogens is 416 g/mol. The molecule has 1 aliphatic rings. The van der Waals surface area contributed by atoms with Crippen LogP contribution < -0.4 is 9.64 Å². The molecule has 1 aliphatic carbocycles. The minimum Gasteiger partial charge on any atom is -0.496 e. The SMILES string of the molecule is COc1cc(C)cc(C)c1-c1cccc2c(N(CC3CC3)c3ccccn3)c(SC)nn12. The number of pyridine rings is 2. The minimum atomic E-state index is 0.712. The van der Waals surface area contributed by atoms with Crippen molar-refractivity contribution in [1.82, 2.24) is 14.6 Å². The van der Waals surface area contributed by atoms with Crippen LogP contribution in [0.3, 0.4) is 0 Å². The Hall–Kier alpha value is -2.99. The van der Waals surface area contributed by atoms with Gasteiger partial charge in [-0.1, -0.05) is 18.2 Å². The van der Waals surface area contributed by atoms with Gasteiger partial charge in [-0.2, -0.15) is 5.10 Å². The van der Waals surface area contributed by atoms with Gasteiger partial charge < -0.3 is 9.64 Å². The molecule has 5 nitrogen and oxygen atoms in total. The summed E-state index contributed by atoms with van der Waals surface area (Å²) in [5.74, 6) is 2.56. The number of hydrogen-bond acceptors (Lipinski definition) is 5. The Kier molecular flexibility index (Phi) is 5.55. The molecule has 1 fully saturated rings. The second-order valence-corrected chi connectivity index (χ2v) is 9.26. The number of rotatable bonds is 7. The van der Waals surface area contributed by atoms with Crippen LogP contribution in [0.5, 0.6) is 5.75 Å². The number of aryl methyl sites for hydroxylation is 2. The van der Waals surface area contributed by atoms with Gasteiger partial charge in [0.25, 0.3) is 0 Å². The van der Waals surface area contributed by atoms with Gasteiger partial charge in [-0.3, -0.25) is 0 Å². The molecule has 0 bridgehead atoms. The molecule has 32 heavy (non-hydrogen) atoms. The first-order valence-electron chi connectivity index (χ1n) is 11.0. The van der Waals surface area contributed by atoms with Crippen molar-refractivity contribution in [3.05, 3.63) is 65.9 Å². The Morgan fingerprint density at radius 3 is 2.66 bits per heavy atom. The number of hydrogen-bond donors (Lipinski definition) is 0. The van der Waals surface area contributed by atoms with Gasteiger partial charge in [-0.25, -0.2) is 9.50 Å². The second-order valence-electron chi connectivity index (χ2n) is 8.47. The zero-order chi connectivity index (χ0) is 22.2. The lowest BCUT2D eigenvalue weighted by molar-refractivity contribution is 0.415. The molecule has 3 heterocycles. The molecule has 0 N–H and O–H groups in total. The maximum absolute atomic E-state index is 5.78. The topological polar surface area (TPSA) is 42.7 Å². The van der Waals surface area contributed by atoms with Gasteiger partial charge >= 0.3 is 0 Å². The van der Waals surface area contributed by atoms with Crippen molar-refractivity contribution in [3.8, 4) is 17.0 Å². The first kappa shape index (κ1) is 20.9. The van der Waals surface area contributed by atoms with Crippen LogP contribution in [0, 0.1) is 19.8 Å². The monoisotopic (exact) mass is 444 g/mol. The third kappa shape index (κ3) is 3.73. The van der Waals surface area contributed by atoms with E-state index in [0.717, 1.165) is 45.6 Å². The molecule has 5 rings (SSSR count).